The maximum atomic E-state index is 5.42. The number of rotatable bonds is 4. The summed E-state index contributed by atoms with van der Waals surface area (Å²) in [5.41, 5.74) is 5.42. The highest BCUT2D eigenvalue weighted by Crippen LogP contribution is 2.32. The van der Waals surface area contributed by atoms with Crippen LogP contribution in [0.4, 0.5) is 0 Å². The monoisotopic (exact) mass is 413 g/mol. The number of thiazole rings is 1. The largest absolute Gasteiger partial charge is 0.454 e. The van der Waals surface area contributed by atoms with E-state index in [9.17, 15) is 0 Å². The standard InChI is InChI=1S/C24H19N3O2S/c1-17-7-10-19(11-8-17)21-15-30-24(27(21)20-5-3-2-4-6-20)26-25-14-18-9-12-22-23(13-18)29-16-28-22/h2-15H,16H2,1H3/b25-14+,26-24+. The van der Waals surface area contributed by atoms with Gasteiger partial charge in [-0.3, -0.25) is 4.57 Å². The maximum Gasteiger partial charge on any atom is 0.231 e. The molecule has 5 nitrogen and oxygen atoms in total. The number of para-hydroxylation sites is 1. The number of aromatic nitrogens is 1. The molecule has 1 aromatic heterocycles. The van der Waals surface area contributed by atoms with Gasteiger partial charge in [-0.2, -0.15) is 5.10 Å². The van der Waals surface area contributed by atoms with Crippen LogP contribution in [-0.2, 0) is 0 Å². The molecule has 2 heterocycles. The molecule has 148 valence electrons. The molecule has 0 unspecified atom stereocenters. The van der Waals surface area contributed by atoms with Crippen molar-refractivity contribution in [3.63, 3.8) is 0 Å². The van der Waals surface area contributed by atoms with E-state index in [1.165, 1.54) is 5.56 Å². The Morgan fingerprint density at radius 1 is 0.933 bits per heavy atom. The fourth-order valence-electron chi connectivity index (χ4n) is 3.27. The van der Waals surface area contributed by atoms with Crippen LogP contribution in [0.3, 0.4) is 0 Å². The third-order valence-corrected chi connectivity index (χ3v) is 5.63. The number of benzene rings is 3. The van der Waals surface area contributed by atoms with Gasteiger partial charge in [0.15, 0.2) is 11.5 Å². The molecule has 5 rings (SSSR count). The van der Waals surface area contributed by atoms with Gasteiger partial charge in [0.1, 0.15) is 0 Å². The minimum atomic E-state index is 0.258. The Hall–Kier alpha value is -3.64. The predicted octanol–water partition coefficient (Wildman–Crippen LogP) is 5.18. The van der Waals surface area contributed by atoms with Gasteiger partial charge in [-0.25, -0.2) is 0 Å². The second-order valence-corrected chi connectivity index (χ2v) is 7.73. The lowest BCUT2D eigenvalue weighted by atomic mass is 10.1. The number of aryl methyl sites for hydroxylation is 1. The van der Waals surface area contributed by atoms with Crippen LogP contribution in [0.1, 0.15) is 11.1 Å². The lowest BCUT2D eigenvalue weighted by Gasteiger charge is -2.09. The van der Waals surface area contributed by atoms with Gasteiger partial charge in [-0.1, -0.05) is 48.0 Å². The first kappa shape index (κ1) is 18.4. The number of hydrogen-bond donors (Lipinski definition) is 0. The van der Waals surface area contributed by atoms with E-state index < -0.39 is 0 Å². The molecular formula is C24H19N3O2S. The van der Waals surface area contributed by atoms with Gasteiger partial charge in [-0.05, 0) is 48.4 Å². The average molecular weight is 414 g/mol. The minimum Gasteiger partial charge on any atom is -0.454 e. The fourth-order valence-corrected chi connectivity index (χ4v) is 4.13. The van der Waals surface area contributed by atoms with Crippen molar-refractivity contribution in [2.75, 3.05) is 6.79 Å². The quantitative estimate of drug-likeness (QED) is 0.342. The fraction of sp³-hybridized carbons (Fsp3) is 0.0833. The highest BCUT2D eigenvalue weighted by atomic mass is 32.1. The third-order valence-electron chi connectivity index (χ3n) is 4.82. The Balaban J connectivity index is 1.55. The van der Waals surface area contributed by atoms with Crippen LogP contribution < -0.4 is 14.3 Å². The third kappa shape index (κ3) is 3.65. The smallest absolute Gasteiger partial charge is 0.231 e. The SMILES string of the molecule is Cc1ccc(-c2cs/c(=N/N=C/c3ccc4c(c3)OCO4)n2-c2ccccc2)cc1. The zero-order valence-corrected chi connectivity index (χ0v) is 17.2. The Morgan fingerprint density at radius 2 is 1.73 bits per heavy atom. The number of hydrogen-bond acceptors (Lipinski definition) is 5. The first-order chi connectivity index (χ1) is 14.8. The number of nitrogens with zero attached hydrogens (tertiary/aromatic N) is 3. The second kappa shape index (κ2) is 8.00. The maximum absolute atomic E-state index is 5.42. The Bertz CT molecular complexity index is 1270. The van der Waals surface area contributed by atoms with Crippen molar-refractivity contribution in [2.45, 2.75) is 6.92 Å². The van der Waals surface area contributed by atoms with Crippen LogP contribution in [0.5, 0.6) is 11.5 Å². The molecule has 0 atom stereocenters. The van der Waals surface area contributed by atoms with E-state index in [-0.39, 0.29) is 6.79 Å². The minimum absolute atomic E-state index is 0.258. The van der Waals surface area contributed by atoms with Gasteiger partial charge in [0.05, 0.1) is 11.9 Å². The van der Waals surface area contributed by atoms with Crippen LogP contribution in [0.2, 0.25) is 0 Å². The van der Waals surface area contributed by atoms with Crippen LogP contribution in [0.25, 0.3) is 16.9 Å². The summed E-state index contributed by atoms with van der Waals surface area (Å²) >= 11 is 1.56. The molecule has 0 saturated carbocycles. The van der Waals surface area contributed by atoms with Gasteiger partial charge in [-0.15, -0.1) is 16.4 Å². The van der Waals surface area contributed by atoms with E-state index in [0.29, 0.717) is 0 Å². The van der Waals surface area contributed by atoms with E-state index in [4.69, 9.17) is 9.47 Å². The summed E-state index contributed by atoms with van der Waals surface area (Å²) in [4.78, 5) is 0.800. The highest BCUT2D eigenvalue weighted by Gasteiger charge is 2.12. The average Bonchev–Trinajstić information content (AvgIpc) is 3.42. The highest BCUT2D eigenvalue weighted by molar-refractivity contribution is 7.07. The molecular weight excluding hydrogens is 394 g/mol. The van der Waals surface area contributed by atoms with E-state index in [1.54, 1.807) is 17.6 Å². The molecule has 4 aromatic rings. The summed E-state index contributed by atoms with van der Waals surface area (Å²) in [6, 6.07) is 24.4. The summed E-state index contributed by atoms with van der Waals surface area (Å²) in [5.74, 6) is 1.49. The van der Waals surface area contributed by atoms with E-state index in [1.807, 2.05) is 36.4 Å². The zero-order chi connectivity index (χ0) is 20.3. The number of fused-ring (bicyclic) bond motifs is 1. The molecule has 30 heavy (non-hydrogen) atoms. The molecule has 3 aromatic carbocycles. The molecule has 0 aliphatic carbocycles. The van der Waals surface area contributed by atoms with Crippen molar-refractivity contribution >= 4 is 17.6 Å². The molecule has 0 radical (unpaired) electrons. The summed E-state index contributed by atoms with van der Waals surface area (Å²) in [5, 5.41) is 11.0. The Morgan fingerprint density at radius 3 is 2.57 bits per heavy atom. The first-order valence-electron chi connectivity index (χ1n) is 9.58. The summed E-state index contributed by atoms with van der Waals surface area (Å²) in [6.07, 6.45) is 1.72. The molecule has 6 heteroatoms. The van der Waals surface area contributed by atoms with Crippen molar-refractivity contribution in [3.05, 3.63) is 94.1 Å². The molecule has 1 aliphatic rings. The van der Waals surface area contributed by atoms with Crippen LogP contribution in [-0.4, -0.2) is 17.6 Å². The molecule has 1 aliphatic heterocycles. The molecule has 0 amide bonds. The van der Waals surface area contributed by atoms with Gasteiger partial charge >= 0.3 is 0 Å². The van der Waals surface area contributed by atoms with Crippen LogP contribution in [0, 0.1) is 6.92 Å². The zero-order valence-electron chi connectivity index (χ0n) is 16.4. The lowest BCUT2D eigenvalue weighted by molar-refractivity contribution is 0.174. The van der Waals surface area contributed by atoms with Crippen molar-refractivity contribution < 1.29 is 9.47 Å². The number of ether oxygens (including phenoxy) is 2. The summed E-state index contributed by atoms with van der Waals surface area (Å²) in [7, 11) is 0. The van der Waals surface area contributed by atoms with Crippen LogP contribution >= 0.6 is 11.3 Å². The molecule has 0 bridgehead atoms. The van der Waals surface area contributed by atoms with Crippen molar-refractivity contribution in [3.8, 4) is 28.4 Å². The van der Waals surface area contributed by atoms with Crippen molar-refractivity contribution in [2.24, 2.45) is 10.2 Å². The molecule has 0 N–H and O–H groups in total. The van der Waals surface area contributed by atoms with E-state index >= 15 is 0 Å². The Labute approximate surface area is 178 Å². The topological polar surface area (TPSA) is 48.1 Å². The van der Waals surface area contributed by atoms with Crippen molar-refractivity contribution in [1.29, 1.82) is 0 Å². The molecule has 0 fully saturated rings. The van der Waals surface area contributed by atoms with Gasteiger partial charge < -0.3 is 9.47 Å². The van der Waals surface area contributed by atoms with Gasteiger partial charge in [0.25, 0.3) is 0 Å². The van der Waals surface area contributed by atoms with E-state index in [2.05, 4.69) is 63.5 Å². The molecule has 0 spiro atoms. The Kier molecular flexibility index (Phi) is 4.91. The predicted molar refractivity (Wildman–Crippen MR) is 120 cm³/mol. The normalized spacial score (nSPS) is 13.3. The summed E-state index contributed by atoms with van der Waals surface area (Å²) < 4.78 is 12.9. The summed E-state index contributed by atoms with van der Waals surface area (Å²) in [6.45, 7) is 2.35. The second-order valence-electron chi connectivity index (χ2n) is 6.90. The molecule has 0 saturated heterocycles. The lowest BCUT2D eigenvalue weighted by Crippen LogP contribution is -2.13. The van der Waals surface area contributed by atoms with Crippen LogP contribution in [0.15, 0.2) is 88.4 Å². The van der Waals surface area contributed by atoms with Gasteiger partial charge in [0, 0.05) is 11.1 Å². The van der Waals surface area contributed by atoms with Crippen molar-refractivity contribution in [1.82, 2.24) is 4.57 Å². The van der Waals surface area contributed by atoms with Gasteiger partial charge in [0.2, 0.25) is 11.6 Å². The first-order valence-corrected chi connectivity index (χ1v) is 10.5. The van der Waals surface area contributed by atoms with E-state index in [0.717, 1.165) is 38.8 Å².